The quantitative estimate of drug-likeness (QED) is 0.458. The number of ether oxygens (including phenoxy) is 2. The van der Waals surface area contributed by atoms with Crippen LogP contribution in [0.1, 0.15) is 59.3 Å². The fourth-order valence-corrected chi connectivity index (χ4v) is 3.03. The van der Waals surface area contributed by atoms with E-state index in [0.717, 1.165) is 25.7 Å². The minimum atomic E-state index is -3.52. The molecule has 0 saturated heterocycles. The molecule has 0 spiro atoms. The van der Waals surface area contributed by atoms with Crippen LogP contribution in [-0.2, 0) is 24.3 Å². The van der Waals surface area contributed by atoms with Crippen LogP contribution in [-0.4, -0.2) is 46.5 Å². The zero-order valence-corrected chi connectivity index (χ0v) is 15.6. The summed E-state index contributed by atoms with van der Waals surface area (Å²) in [6.07, 6.45) is 4.57. The molecule has 0 aliphatic heterocycles. The zero-order chi connectivity index (χ0) is 17.6. The van der Waals surface area contributed by atoms with E-state index in [-0.39, 0.29) is 18.8 Å². The predicted octanol–water partition coefficient (Wildman–Crippen LogP) is 2.48. The molecule has 0 saturated carbocycles. The van der Waals surface area contributed by atoms with Crippen LogP contribution in [0.2, 0.25) is 0 Å². The fraction of sp³-hybridized carbons (Fsp3) is 0.938. The maximum Gasteiger partial charge on any atom is 0.235 e. The van der Waals surface area contributed by atoms with Gasteiger partial charge in [-0.05, 0) is 18.8 Å². The van der Waals surface area contributed by atoms with Crippen LogP contribution in [0.4, 0.5) is 0 Å². The van der Waals surface area contributed by atoms with Gasteiger partial charge in [0, 0.05) is 6.61 Å². The van der Waals surface area contributed by atoms with Gasteiger partial charge >= 0.3 is 0 Å². The molecule has 138 valence electrons. The van der Waals surface area contributed by atoms with Crippen LogP contribution < -0.4 is 4.72 Å². The van der Waals surface area contributed by atoms with E-state index in [1.54, 1.807) is 0 Å². The first-order valence-electron chi connectivity index (χ1n) is 8.60. The van der Waals surface area contributed by atoms with Crippen molar-refractivity contribution in [1.29, 1.82) is 0 Å². The molecule has 0 aromatic rings. The van der Waals surface area contributed by atoms with Crippen molar-refractivity contribution in [2.45, 2.75) is 59.3 Å². The van der Waals surface area contributed by atoms with Gasteiger partial charge in [0.25, 0.3) is 0 Å². The second-order valence-electron chi connectivity index (χ2n) is 5.83. The average Bonchev–Trinajstić information content (AvgIpc) is 2.50. The second kappa shape index (κ2) is 13.7. The number of amides is 1. The van der Waals surface area contributed by atoms with Crippen molar-refractivity contribution >= 4 is 15.9 Å². The van der Waals surface area contributed by atoms with Crippen LogP contribution in [0.5, 0.6) is 0 Å². The SMILES string of the molecule is CCCOCCOCCC(=O)NS(=O)(=O)CCCCC(C)CC. The average molecular weight is 352 g/mol. The molecule has 0 radical (unpaired) electrons. The van der Waals surface area contributed by atoms with Crippen LogP contribution in [0.25, 0.3) is 0 Å². The van der Waals surface area contributed by atoms with Gasteiger partial charge in [-0.1, -0.05) is 40.0 Å². The molecule has 0 aliphatic carbocycles. The van der Waals surface area contributed by atoms with Gasteiger partial charge in [0.1, 0.15) is 0 Å². The van der Waals surface area contributed by atoms with Gasteiger partial charge in [0.05, 0.1) is 32.0 Å². The van der Waals surface area contributed by atoms with Crippen molar-refractivity contribution in [3.05, 3.63) is 0 Å². The van der Waals surface area contributed by atoms with E-state index in [0.29, 0.717) is 32.2 Å². The Balaban J connectivity index is 3.70. The number of sulfonamides is 1. The Morgan fingerprint density at radius 1 is 1.04 bits per heavy atom. The van der Waals surface area contributed by atoms with E-state index in [1.165, 1.54) is 0 Å². The molecule has 1 amide bonds. The van der Waals surface area contributed by atoms with Crippen molar-refractivity contribution < 1.29 is 22.7 Å². The first kappa shape index (κ1) is 22.3. The van der Waals surface area contributed by atoms with Crippen LogP contribution in [0.15, 0.2) is 0 Å². The first-order valence-corrected chi connectivity index (χ1v) is 10.2. The van der Waals surface area contributed by atoms with E-state index < -0.39 is 15.9 Å². The third-order valence-corrected chi connectivity index (χ3v) is 4.88. The molecule has 1 unspecified atom stereocenters. The largest absolute Gasteiger partial charge is 0.379 e. The molecule has 7 heteroatoms. The molecular weight excluding hydrogens is 318 g/mol. The number of rotatable bonds is 15. The van der Waals surface area contributed by atoms with Crippen LogP contribution in [0, 0.1) is 5.92 Å². The minimum Gasteiger partial charge on any atom is -0.379 e. The molecule has 0 aliphatic rings. The van der Waals surface area contributed by atoms with Gasteiger partial charge < -0.3 is 9.47 Å². The number of unbranched alkanes of at least 4 members (excludes halogenated alkanes) is 1. The highest BCUT2D eigenvalue weighted by molar-refractivity contribution is 7.90. The molecule has 0 aromatic carbocycles. The zero-order valence-electron chi connectivity index (χ0n) is 14.8. The monoisotopic (exact) mass is 351 g/mol. The highest BCUT2D eigenvalue weighted by atomic mass is 32.2. The van der Waals surface area contributed by atoms with Gasteiger partial charge in [-0.15, -0.1) is 0 Å². The Kier molecular flexibility index (Phi) is 13.4. The summed E-state index contributed by atoms with van der Waals surface area (Å²) in [5.41, 5.74) is 0. The molecule has 6 nitrogen and oxygen atoms in total. The lowest BCUT2D eigenvalue weighted by Crippen LogP contribution is -2.33. The minimum absolute atomic E-state index is 0.000882. The summed E-state index contributed by atoms with van der Waals surface area (Å²) in [4.78, 5) is 11.6. The Morgan fingerprint density at radius 3 is 2.30 bits per heavy atom. The summed E-state index contributed by atoms with van der Waals surface area (Å²) in [5.74, 6) is 0.105. The highest BCUT2D eigenvalue weighted by Crippen LogP contribution is 2.11. The molecule has 0 rings (SSSR count). The molecule has 0 aromatic heterocycles. The maximum absolute atomic E-state index is 11.8. The van der Waals surface area contributed by atoms with Crippen molar-refractivity contribution in [2.75, 3.05) is 32.2 Å². The van der Waals surface area contributed by atoms with E-state index in [2.05, 4.69) is 18.6 Å². The highest BCUT2D eigenvalue weighted by Gasteiger charge is 2.14. The normalized spacial score (nSPS) is 13.0. The summed E-state index contributed by atoms with van der Waals surface area (Å²) in [6.45, 7) is 8.10. The van der Waals surface area contributed by atoms with E-state index in [4.69, 9.17) is 9.47 Å². The number of carbonyl (C=O) groups excluding carboxylic acids is 1. The van der Waals surface area contributed by atoms with Gasteiger partial charge in [-0.25, -0.2) is 8.42 Å². The molecule has 0 fully saturated rings. The Morgan fingerprint density at radius 2 is 1.70 bits per heavy atom. The molecule has 23 heavy (non-hydrogen) atoms. The van der Waals surface area contributed by atoms with E-state index >= 15 is 0 Å². The van der Waals surface area contributed by atoms with Gasteiger partial charge in [-0.3, -0.25) is 9.52 Å². The molecular formula is C16H33NO5S. The van der Waals surface area contributed by atoms with Crippen molar-refractivity contribution in [2.24, 2.45) is 5.92 Å². The van der Waals surface area contributed by atoms with E-state index in [9.17, 15) is 13.2 Å². The summed E-state index contributed by atoms with van der Waals surface area (Å²) >= 11 is 0. The molecule has 0 heterocycles. The van der Waals surface area contributed by atoms with Gasteiger partial charge in [-0.2, -0.15) is 0 Å². The van der Waals surface area contributed by atoms with Crippen molar-refractivity contribution in [1.82, 2.24) is 4.72 Å². The lowest BCUT2D eigenvalue weighted by molar-refractivity contribution is -0.120. The third kappa shape index (κ3) is 14.7. The molecule has 1 N–H and O–H groups in total. The van der Waals surface area contributed by atoms with Gasteiger partial charge in [0.2, 0.25) is 15.9 Å². The summed E-state index contributed by atoms with van der Waals surface area (Å²) in [7, 11) is -3.52. The Hall–Kier alpha value is -0.660. The number of nitrogens with one attached hydrogen (secondary N) is 1. The molecule has 0 bridgehead atoms. The van der Waals surface area contributed by atoms with Crippen molar-refractivity contribution in [3.63, 3.8) is 0 Å². The number of carbonyl (C=O) groups is 1. The second-order valence-corrected chi connectivity index (χ2v) is 7.67. The van der Waals surface area contributed by atoms with Crippen LogP contribution in [0.3, 0.4) is 0 Å². The molecule has 1 atom stereocenters. The lowest BCUT2D eigenvalue weighted by atomic mass is 10.0. The van der Waals surface area contributed by atoms with Gasteiger partial charge in [0.15, 0.2) is 0 Å². The summed E-state index contributed by atoms with van der Waals surface area (Å²) < 4.78 is 36.1. The maximum atomic E-state index is 11.8. The number of hydrogen-bond donors (Lipinski definition) is 1. The van der Waals surface area contributed by atoms with Crippen LogP contribution >= 0.6 is 0 Å². The standard InChI is InChI=1S/C16H33NO5S/c1-4-10-21-12-13-22-11-9-16(18)17-23(19,20)14-7-6-8-15(3)5-2/h15H,4-14H2,1-3H3,(H,17,18). The summed E-state index contributed by atoms with van der Waals surface area (Å²) in [5, 5.41) is 0. The Bertz CT molecular complexity index is 397. The third-order valence-electron chi connectivity index (χ3n) is 3.52. The summed E-state index contributed by atoms with van der Waals surface area (Å²) in [6, 6.07) is 0. The fourth-order valence-electron chi connectivity index (χ4n) is 1.90. The van der Waals surface area contributed by atoms with E-state index in [1.807, 2.05) is 6.92 Å². The lowest BCUT2D eigenvalue weighted by Gasteiger charge is -2.09. The van der Waals surface area contributed by atoms with Crippen molar-refractivity contribution in [3.8, 4) is 0 Å². The first-order chi connectivity index (χ1) is 10.9. The topological polar surface area (TPSA) is 81.7 Å². The predicted molar refractivity (Wildman–Crippen MR) is 91.8 cm³/mol. The Labute approximate surface area is 141 Å². The number of hydrogen-bond acceptors (Lipinski definition) is 5. The smallest absolute Gasteiger partial charge is 0.235 e.